The van der Waals surface area contributed by atoms with Crippen LogP contribution in [0.4, 0.5) is 0 Å². The lowest BCUT2D eigenvalue weighted by Gasteiger charge is -1.93. The van der Waals surface area contributed by atoms with Crippen molar-refractivity contribution in [3.8, 4) is 0 Å². The normalized spacial score (nSPS) is 8.60. The summed E-state index contributed by atoms with van der Waals surface area (Å²) in [7, 11) is 5.62. The van der Waals surface area contributed by atoms with Crippen LogP contribution in [0.2, 0.25) is 0 Å². The third-order valence-electron chi connectivity index (χ3n) is 1.81. The van der Waals surface area contributed by atoms with Crippen LogP contribution >= 0.6 is 0 Å². The van der Waals surface area contributed by atoms with E-state index in [0.717, 1.165) is 11.3 Å². The molecule has 0 atom stereocenters. The Morgan fingerprint density at radius 2 is 1.73 bits per heavy atom. The fourth-order valence-electron chi connectivity index (χ4n) is 1.14. The van der Waals surface area contributed by atoms with Crippen LogP contribution in [0.1, 0.15) is 33.4 Å². The number of hydrogen-bond acceptors (Lipinski definition) is 1. The molecule has 2 aromatic rings. The van der Waals surface area contributed by atoms with E-state index < -0.39 is 0 Å². The summed E-state index contributed by atoms with van der Waals surface area (Å²) in [5, 5.41) is 0. The van der Waals surface area contributed by atoms with Gasteiger partial charge in [0.05, 0.1) is 0 Å². The van der Waals surface area contributed by atoms with Crippen molar-refractivity contribution in [1.29, 1.82) is 0 Å². The van der Waals surface area contributed by atoms with Crippen LogP contribution in [0, 0.1) is 6.92 Å². The van der Waals surface area contributed by atoms with Gasteiger partial charge in [0, 0.05) is 17.5 Å². The molecule has 0 saturated heterocycles. The third-order valence-corrected chi connectivity index (χ3v) is 1.81. The fraction of sp³-hybridized carbons (Fsp3) is 0.417. The monoisotopic (exact) mass is 202 g/mol. The van der Waals surface area contributed by atoms with E-state index in [1.54, 1.807) is 0 Å². The summed E-state index contributed by atoms with van der Waals surface area (Å²) in [5.41, 5.74) is 2.51. The largest absolute Gasteiger partial charge is 0.305 e. The lowest BCUT2D eigenvalue weighted by atomic mass is 10.0. The summed E-state index contributed by atoms with van der Waals surface area (Å²) in [6.07, 6.45) is 1.95. The minimum atomic E-state index is 0.608. The molecule has 0 aliphatic rings. The molecule has 0 aromatic carbocycles. The van der Waals surface area contributed by atoms with Gasteiger partial charge < -0.3 is 4.40 Å². The number of fused-ring (bicyclic) bond motifs is 1. The van der Waals surface area contributed by atoms with Crippen molar-refractivity contribution in [3.63, 3.8) is 0 Å². The van der Waals surface area contributed by atoms with Crippen molar-refractivity contribution in [2.45, 2.75) is 34.6 Å². The number of nitrogens with zero attached hydrogens (tertiary/aromatic N) is 2. The van der Waals surface area contributed by atoms with E-state index >= 15 is 0 Å². The molecule has 0 spiro atoms. The van der Waals surface area contributed by atoms with E-state index in [9.17, 15) is 0 Å². The molecule has 0 fully saturated rings. The van der Waals surface area contributed by atoms with Gasteiger partial charge in [0.2, 0.25) is 0 Å². The average Bonchev–Trinajstić information content (AvgIpc) is 2.61. The zero-order chi connectivity index (χ0) is 11.8. The first-order chi connectivity index (χ1) is 7.29. The van der Waals surface area contributed by atoms with Crippen molar-refractivity contribution >= 4 is 19.1 Å². The summed E-state index contributed by atoms with van der Waals surface area (Å²) in [6, 6.07) is 5.84. The first kappa shape index (κ1) is 13.8. The van der Waals surface area contributed by atoms with Crippen LogP contribution in [-0.2, 0) is 0 Å². The standard InChI is InChI=1S/C8H7BN2.2C2H6/c1-6-8(9)10-7-4-2-3-5-11(6)7;2*1-2/h2-5H,1H3;2*1-2H3. The summed E-state index contributed by atoms with van der Waals surface area (Å²) < 4.78 is 1.97. The van der Waals surface area contributed by atoms with Crippen molar-refractivity contribution in [1.82, 2.24) is 9.38 Å². The fourth-order valence-corrected chi connectivity index (χ4v) is 1.14. The van der Waals surface area contributed by atoms with Gasteiger partial charge in [-0.2, -0.15) is 0 Å². The number of hydrogen-bond donors (Lipinski definition) is 0. The molecule has 2 radical (unpaired) electrons. The van der Waals surface area contributed by atoms with E-state index in [4.69, 9.17) is 7.85 Å². The first-order valence-corrected chi connectivity index (χ1v) is 5.48. The first-order valence-electron chi connectivity index (χ1n) is 5.48. The second-order valence-electron chi connectivity index (χ2n) is 2.51. The van der Waals surface area contributed by atoms with E-state index in [1.165, 1.54) is 0 Å². The quantitative estimate of drug-likeness (QED) is 0.600. The molecule has 2 nitrogen and oxygen atoms in total. The van der Waals surface area contributed by atoms with Crippen molar-refractivity contribution < 1.29 is 0 Å². The van der Waals surface area contributed by atoms with Gasteiger partial charge in [-0.25, -0.2) is 4.98 Å². The highest BCUT2D eigenvalue weighted by atomic mass is 15.0. The van der Waals surface area contributed by atoms with Crippen molar-refractivity contribution in [2.24, 2.45) is 0 Å². The maximum atomic E-state index is 5.62. The Morgan fingerprint density at radius 3 is 2.27 bits per heavy atom. The topological polar surface area (TPSA) is 17.3 Å². The summed E-state index contributed by atoms with van der Waals surface area (Å²) in [4.78, 5) is 4.15. The summed E-state index contributed by atoms with van der Waals surface area (Å²) in [6.45, 7) is 9.95. The highest BCUT2D eigenvalue weighted by molar-refractivity contribution is 6.31. The number of rotatable bonds is 0. The Labute approximate surface area is 93.8 Å². The maximum Gasteiger partial charge on any atom is 0.144 e. The Kier molecular flexibility index (Phi) is 6.51. The van der Waals surface area contributed by atoms with E-state index in [1.807, 2.05) is 63.4 Å². The Hall–Kier alpha value is -1.25. The van der Waals surface area contributed by atoms with Gasteiger partial charge >= 0.3 is 0 Å². The van der Waals surface area contributed by atoms with E-state index in [2.05, 4.69) is 4.98 Å². The van der Waals surface area contributed by atoms with E-state index in [0.29, 0.717) is 5.59 Å². The van der Waals surface area contributed by atoms with Gasteiger partial charge in [-0.05, 0) is 19.1 Å². The maximum absolute atomic E-state index is 5.62. The lowest BCUT2D eigenvalue weighted by Crippen LogP contribution is -2.06. The predicted octanol–water partition coefficient (Wildman–Crippen LogP) is 2.49. The second kappa shape index (κ2) is 7.10. The molecule has 0 unspecified atom stereocenters. The summed E-state index contributed by atoms with van der Waals surface area (Å²) in [5.74, 6) is 0. The number of imidazole rings is 1. The van der Waals surface area contributed by atoms with Gasteiger partial charge in [-0.15, -0.1) is 0 Å². The zero-order valence-electron chi connectivity index (χ0n) is 10.3. The zero-order valence-corrected chi connectivity index (χ0v) is 10.3. The highest BCUT2D eigenvalue weighted by Crippen LogP contribution is 2.00. The molecule has 0 saturated carbocycles. The number of aryl methyl sites for hydroxylation is 1. The molecule has 3 heteroatoms. The molecule has 0 bridgehead atoms. The Bertz CT molecular complexity index is 393. The van der Waals surface area contributed by atoms with Crippen LogP contribution in [0.3, 0.4) is 0 Å². The molecule has 2 rings (SSSR count). The molecule has 0 N–H and O–H groups in total. The van der Waals surface area contributed by atoms with Gasteiger partial charge in [0.1, 0.15) is 13.5 Å². The minimum absolute atomic E-state index is 0.608. The van der Waals surface area contributed by atoms with Crippen LogP contribution in [0.15, 0.2) is 24.4 Å². The Balaban J connectivity index is 0.000000442. The van der Waals surface area contributed by atoms with Crippen molar-refractivity contribution in [2.75, 3.05) is 0 Å². The molecular formula is C12H19BN2. The van der Waals surface area contributed by atoms with Crippen LogP contribution in [0.25, 0.3) is 5.65 Å². The van der Waals surface area contributed by atoms with Gasteiger partial charge in [-0.3, -0.25) is 0 Å². The molecule has 15 heavy (non-hydrogen) atoms. The smallest absolute Gasteiger partial charge is 0.144 e. The molecule has 0 amide bonds. The minimum Gasteiger partial charge on any atom is -0.305 e. The lowest BCUT2D eigenvalue weighted by molar-refractivity contribution is 1.11. The molecule has 0 aliphatic carbocycles. The van der Waals surface area contributed by atoms with Gasteiger partial charge in [-0.1, -0.05) is 33.8 Å². The molecular weight excluding hydrogens is 183 g/mol. The Morgan fingerprint density at radius 1 is 1.13 bits per heavy atom. The van der Waals surface area contributed by atoms with Crippen LogP contribution in [-0.4, -0.2) is 17.2 Å². The van der Waals surface area contributed by atoms with E-state index in [-0.39, 0.29) is 0 Å². The van der Waals surface area contributed by atoms with Crippen molar-refractivity contribution in [3.05, 3.63) is 30.1 Å². The predicted molar refractivity (Wildman–Crippen MR) is 68.0 cm³/mol. The van der Waals surface area contributed by atoms with Crippen LogP contribution < -0.4 is 5.59 Å². The molecule has 2 heterocycles. The van der Waals surface area contributed by atoms with Gasteiger partial charge in [0.25, 0.3) is 0 Å². The molecule has 80 valence electrons. The molecule has 2 aromatic heterocycles. The second-order valence-corrected chi connectivity index (χ2v) is 2.51. The van der Waals surface area contributed by atoms with Gasteiger partial charge in [0.15, 0.2) is 0 Å². The average molecular weight is 202 g/mol. The van der Waals surface area contributed by atoms with Crippen LogP contribution in [0.5, 0.6) is 0 Å². The summed E-state index contributed by atoms with van der Waals surface area (Å²) >= 11 is 0. The number of pyridine rings is 1. The highest BCUT2D eigenvalue weighted by Gasteiger charge is 2.00. The SMILES string of the molecule is CC.CC.[B]c1nc2ccccn2c1C. The number of aromatic nitrogens is 2. The molecule has 0 aliphatic heterocycles. The third kappa shape index (κ3) is 3.12.